The van der Waals surface area contributed by atoms with Crippen molar-refractivity contribution in [3.63, 3.8) is 0 Å². The Kier molecular flexibility index (Phi) is 4.86. The molecule has 0 atom stereocenters. The Morgan fingerprint density at radius 2 is 2.08 bits per heavy atom. The van der Waals surface area contributed by atoms with Crippen molar-refractivity contribution < 1.29 is 14.6 Å². The lowest BCUT2D eigenvalue weighted by molar-refractivity contribution is 0.104. The molecule has 0 radical (unpaired) electrons. The molecule has 1 aromatic heterocycles. The van der Waals surface area contributed by atoms with Crippen LogP contribution in [0.3, 0.4) is 0 Å². The van der Waals surface area contributed by atoms with Gasteiger partial charge in [-0.1, -0.05) is 29.8 Å². The molecule has 3 aromatic rings. The number of carbonyl (C=O) groups is 1. The number of hydrogen-bond donors (Lipinski definition) is 1. The highest BCUT2D eigenvalue weighted by atomic mass is 35.5. The van der Waals surface area contributed by atoms with Crippen LogP contribution < -0.4 is 4.74 Å². The predicted molar refractivity (Wildman–Crippen MR) is 96.6 cm³/mol. The fraction of sp³-hybridized carbons (Fsp3) is 0.0526. The van der Waals surface area contributed by atoms with Gasteiger partial charge in [0.1, 0.15) is 0 Å². The number of ether oxygens (including phenoxy) is 1. The SMILES string of the molecule is COc1cc(C=CC(=O)c2ccccc2-n2cccn2)cc(Cl)c1O. The first-order chi connectivity index (χ1) is 12.1. The summed E-state index contributed by atoms with van der Waals surface area (Å²) in [5.41, 5.74) is 1.87. The number of phenolic OH excluding ortho intramolecular Hbond substituents is 1. The second-order valence-electron chi connectivity index (χ2n) is 5.22. The zero-order valence-electron chi connectivity index (χ0n) is 13.4. The van der Waals surface area contributed by atoms with Crippen molar-refractivity contribution in [3.05, 3.63) is 77.1 Å². The Hall–Kier alpha value is -3.05. The molecule has 0 saturated carbocycles. The van der Waals surface area contributed by atoms with E-state index in [0.29, 0.717) is 16.8 Å². The van der Waals surface area contributed by atoms with Crippen molar-refractivity contribution in [2.24, 2.45) is 0 Å². The van der Waals surface area contributed by atoms with Gasteiger partial charge in [0.15, 0.2) is 17.3 Å². The minimum absolute atomic E-state index is 0.128. The second kappa shape index (κ2) is 7.23. The molecule has 0 spiro atoms. The summed E-state index contributed by atoms with van der Waals surface area (Å²) < 4.78 is 6.70. The van der Waals surface area contributed by atoms with Crippen molar-refractivity contribution in [2.75, 3.05) is 7.11 Å². The normalized spacial score (nSPS) is 11.0. The smallest absolute Gasteiger partial charge is 0.188 e. The molecular weight excluding hydrogens is 340 g/mol. The third-order valence-electron chi connectivity index (χ3n) is 3.62. The molecule has 6 heteroatoms. The molecule has 0 aliphatic rings. The van der Waals surface area contributed by atoms with Gasteiger partial charge in [-0.05, 0) is 42.0 Å². The lowest BCUT2D eigenvalue weighted by Crippen LogP contribution is -2.04. The van der Waals surface area contributed by atoms with E-state index in [-0.39, 0.29) is 22.3 Å². The third kappa shape index (κ3) is 3.56. The fourth-order valence-corrected chi connectivity index (χ4v) is 2.62. The number of aromatic nitrogens is 2. The third-order valence-corrected chi connectivity index (χ3v) is 3.91. The lowest BCUT2D eigenvalue weighted by atomic mass is 10.1. The molecule has 3 rings (SSSR count). The second-order valence-corrected chi connectivity index (χ2v) is 5.63. The lowest BCUT2D eigenvalue weighted by Gasteiger charge is -2.07. The molecule has 5 nitrogen and oxygen atoms in total. The molecule has 25 heavy (non-hydrogen) atoms. The van der Waals surface area contributed by atoms with Crippen LogP contribution in [0.5, 0.6) is 11.5 Å². The highest BCUT2D eigenvalue weighted by Crippen LogP contribution is 2.35. The molecule has 0 amide bonds. The number of halogens is 1. The Balaban J connectivity index is 1.91. The van der Waals surface area contributed by atoms with Crippen molar-refractivity contribution in [2.45, 2.75) is 0 Å². The molecule has 0 aliphatic heterocycles. The number of rotatable bonds is 5. The number of benzene rings is 2. The Morgan fingerprint density at radius 3 is 2.80 bits per heavy atom. The van der Waals surface area contributed by atoms with Crippen LogP contribution in [0.15, 0.2) is 60.9 Å². The average Bonchev–Trinajstić information content (AvgIpc) is 3.16. The van der Waals surface area contributed by atoms with Gasteiger partial charge in [-0.3, -0.25) is 4.79 Å². The predicted octanol–water partition coefficient (Wildman–Crippen LogP) is 4.14. The van der Waals surface area contributed by atoms with E-state index in [1.165, 1.54) is 13.2 Å². The van der Waals surface area contributed by atoms with Gasteiger partial charge >= 0.3 is 0 Å². The van der Waals surface area contributed by atoms with E-state index in [1.54, 1.807) is 53.5 Å². The summed E-state index contributed by atoms with van der Waals surface area (Å²) in [6, 6.07) is 12.2. The number of aromatic hydroxyl groups is 1. The van der Waals surface area contributed by atoms with Crippen molar-refractivity contribution in [1.29, 1.82) is 0 Å². The topological polar surface area (TPSA) is 64.4 Å². The van der Waals surface area contributed by atoms with Crippen LogP contribution in [0.25, 0.3) is 11.8 Å². The molecule has 1 heterocycles. The number of carbonyl (C=O) groups excluding carboxylic acids is 1. The standard InChI is InChI=1S/C19H15ClN2O3/c1-25-18-12-13(11-15(20)19(18)24)7-8-17(23)14-5-2-3-6-16(14)22-10-4-9-21-22/h2-12,24H,1H3. The monoisotopic (exact) mass is 354 g/mol. The van der Waals surface area contributed by atoms with Crippen LogP contribution in [0, 0.1) is 0 Å². The van der Waals surface area contributed by atoms with Crippen LogP contribution in [-0.4, -0.2) is 27.8 Å². The van der Waals surface area contributed by atoms with Crippen LogP contribution in [0.2, 0.25) is 5.02 Å². The number of ketones is 1. The van der Waals surface area contributed by atoms with E-state index in [4.69, 9.17) is 16.3 Å². The van der Waals surface area contributed by atoms with E-state index >= 15 is 0 Å². The summed E-state index contributed by atoms with van der Waals surface area (Å²) in [5, 5.41) is 14.1. The van der Waals surface area contributed by atoms with E-state index in [9.17, 15) is 9.90 Å². The Labute approximate surface area is 149 Å². The molecule has 0 unspecified atom stereocenters. The van der Waals surface area contributed by atoms with Gasteiger partial charge < -0.3 is 9.84 Å². The summed E-state index contributed by atoms with van der Waals surface area (Å²) in [6.45, 7) is 0. The van der Waals surface area contributed by atoms with Gasteiger partial charge in [-0.15, -0.1) is 0 Å². The van der Waals surface area contributed by atoms with Gasteiger partial charge in [0.2, 0.25) is 0 Å². The van der Waals surface area contributed by atoms with Crippen molar-refractivity contribution in [3.8, 4) is 17.2 Å². The number of methoxy groups -OCH3 is 1. The van der Waals surface area contributed by atoms with E-state index in [0.717, 1.165) is 0 Å². The fourth-order valence-electron chi connectivity index (χ4n) is 2.40. The van der Waals surface area contributed by atoms with Gasteiger partial charge in [0.25, 0.3) is 0 Å². The number of nitrogens with zero attached hydrogens (tertiary/aromatic N) is 2. The minimum atomic E-state index is -0.172. The minimum Gasteiger partial charge on any atom is -0.503 e. The summed E-state index contributed by atoms with van der Waals surface area (Å²) in [4.78, 5) is 12.6. The maximum Gasteiger partial charge on any atom is 0.188 e. The summed E-state index contributed by atoms with van der Waals surface area (Å²) in [7, 11) is 1.43. The quantitative estimate of drug-likeness (QED) is 0.552. The van der Waals surface area contributed by atoms with Gasteiger partial charge in [0, 0.05) is 18.0 Å². The molecule has 1 N–H and O–H groups in total. The highest BCUT2D eigenvalue weighted by molar-refractivity contribution is 6.32. The summed E-state index contributed by atoms with van der Waals surface area (Å²) in [6.07, 6.45) is 6.50. The Morgan fingerprint density at radius 1 is 1.28 bits per heavy atom. The maximum atomic E-state index is 12.6. The number of phenols is 1. The van der Waals surface area contributed by atoms with Crippen LogP contribution >= 0.6 is 11.6 Å². The summed E-state index contributed by atoms with van der Waals surface area (Å²) in [5.74, 6) is -0.0533. The van der Waals surface area contributed by atoms with Crippen LogP contribution in [0.1, 0.15) is 15.9 Å². The molecule has 0 fully saturated rings. The van der Waals surface area contributed by atoms with Gasteiger partial charge in [-0.2, -0.15) is 5.10 Å². The van der Waals surface area contributed by atoms with Crippen LogP contribution in [0.4, 0.5) is 0 Å². The first-order valence-electron chi connectivity index (χ1n) is 7.48. The van der Waals surface area contributed by atoms with Crippen molar-refractivity contribution >= 4 is 23.5 Å². The van der Waals surface area contributed by atoms with Gasteiger partial charge in [0.05, 0.1) is 17.8 Å². The summed E-state index contributed by atoms with van der Waals surface area (Å²) >= 11 is 5.96. The molecule has 126 valence electrons. The average molecular weight is 355 g/mol. The van der Waals surface area contributed by atoms with E-state index in [1.807, 2.05) is 12.1 Å². The largest absolute Gasteiger partial charge is 0.503 e. The van der Waals surface area contributed by atoms with Crippen molar-refractivity contribution in [1.82, 2.24) is 9.78 Å². The first kappa shape index (κ1) is 16.8. The van der Waals surface area contributed by atoms with E-state index < -0.39 is 0 Å². The maximum absolute atomic E-state index is 12.6. The van der Waals surface area contributed by atoms with E-state index in [2.05, 4.69) is 5.10 Å². The zero-order valence-corrected chi connectivity index (χ0v) is 14.1. The molecule has 2 aromatic carbocycles. The molecule has 0 bridgehead atoms. The molecule has 0 aliphatic carbocycles. The zero-order chi connectivity index (χ0) is 17.8. The number of allylic oxidation sites excluding steroid dienone is 1. The van der Waals surface area contributed by atoms with Gasteiger partial charge in [-0.25, -0.2) is 4.68 Å². The number of para-hydroxylation sites is 1. The molecular formula is C19H15ClN2O3. The first-order valence-corrected chi connectivity index (χ1v) is 7.86. The number of hydrogen-bond acceptors (Lipinski definition) is 4. The highest BCUT2D eigenvalue weighted by Gasteiger charge is 2.11. The van der Waals surface area contributed by atoms with Crippen LogP contribution in [-0.2, 0) is 0 Å². The molecule has 0 saturated heterocycles. The Bertz CT molecular complexity index is 934.